The highest BCUT2D eigenvalue weighted by atomic mass is 35.5. The molecule has 0 unspecified atom stereocenters. The van der Waals surface area contributed by atoms with Crippen LogP contribution in [0, 0.1) is 0 Å². The molecule has 2 N–H and O–H groups in total. The molecule has 78 valence electrons. The van der Waals surface area contributed by atoms with Gasteiger partial charge in [-0.05, 0) is 0 Å². The van der Waals surface area contributed by atoms with E-state index in [1.807, 2.05) is 0 Å². The lowest BCUT2D eigenvalue weighted by Gasteiger charge is -2.12. The van der Waals surface area contributed by atoms with Gasteiger partial charge in [-0.3, -0.25) is 4.98 Å². The molecule has 0 fully saturated rings. The standard InChI is InChI=1S/C7H6ClF3N2O/c8-5-2-13-3-6(4(5)1-12)14-7(9,10)11/h2-3H,1,12H2. The Morgan fingerprint density at radius 3 is 2.57 bits per heavy atom. The Bertz CT molecular complexity index is 329. The molecule has 0 aromatic carbocycles. The fraction of sp³-hybridized carbons (Fsp3) is 0.286. The molecule has 0 spiro atoms. The summed E-state index contributed by atoms with van der Waals surface area (Å²) in [7, 11) is 0. The maximum absolute atomic E-state index is 11.9. The summed E-state index contributed by atoms with van der Waals surface area (Å²) in [5.74, 6) is -0.465. The number of hydrogen-bond donors (Lipinski definition) is 1. The van der Waals surface area contributed by atoms with Gasteiger partial charge in [0.15, 0.2) is 5.75 Å². The van der Waals surface area contributed by atoms with E-state index >= 15 is 0 Å². The average molecular weight is 227 g/mol. The van der Waals surface area contributed by atoms with Gasteiger partial charge in [0.2, 0.25) is 0 Å². The van der Waals surface area contributed by atoms with E-state index in [1.54, 1.807) is 0 Å². The van der Waals surface area contributed by atoms with Gasteiger partial charge in [0.25, 0.3) is 0 Å². The number of alkyl halides is 3. The molecule has 14 heavy (non-hydrogen) atoms. The largest absolute Gasteiger partial charge is 0.573 e. The quantitative estimate of drug-likeness (QED) is 0.840. The van der Waals surface area contributed by atoms with Gasteiger partial charge < -0.3 is 10.5 Å². The van der Waals surface area contributed by atoms with E-state index in [2.05, 4.69) is 9.72 Å². The van der Waals surface area contributed by atoms with Crippen molar-refractivity contribution in [2.24, 2.45) is 5.73 Å². The Hall–Kier alpha value is -1.01. The minimum atomic E-state index is -4.77. The van der Waals surface area contributed by atoms with Crippen molar-refractivity contribution in [3.8, 4) is 5.75 Å². The highest BCUT2D eigenvalue weighted by molar-refractivity contribution is 6.31. The van der Waals surface area contributed by atoms with E-state index in [9.17, 15) is 13.2 Å². The van der Waals surface area contributed by atoms with Crippen molar-refractivity contribution in [3.05, 3.63) is 23.0 Å². The second-order valence-corrected chi connectivity index (χ2v) is 2.76. The zero-order valence-electron chi connectivity index (χ0n) is 6.81. The van der Waals surface area contributed by atoms with Gasteiger partial charge in [0.1, 0.15) is 0 Å². The van der Waals surface area contributed by atoms with Gasteiger partial charge in [0, 0.05) is 18.3 Å². The van der Waals surface area contributed by atoms with Crippen molar-refractivity contribution >= 4 is 11.6 Å². The van der Waals surface area contributed by atoms with Crippen LogP contribution < -0.4 is 10.5 Å². The van der Waals surface area contributed by atoms with Gasteiger partial charge in [-0.2, -0.15) is 0 Å². The van der Waals surface area contributed by atoms with Crippen LogP contribution in [0.15, 0.2) is 12.4 Å². The second kappa shape index (κ2) is 4.02. The van der Waals surface area contributed by atoms with Crippen LogP contribution in [-0.4, -0.2) is 11.3 Å². The molecule has 0 aliphatic heterocycles. The summed E-state index contributed by atoms with van der Waals surface area (Å²) in [6.07, 6.45) is -2.65. The molecule has 0 atom stereocenters. The van der Waals surface area contributed by atoms with E-state index in [0.717, 1.165) is 6.20 Å². The molecule has 3 nitrogen and oxygen atoms in total. The van der Waals surface area contributed by atoms with Gasteiger partial charge in [-0.1, -0.05) is 11.6 Å². The Balaban J connectivity index is 3.02. The third-order valence-electron chi connectivity index (χ3n) is 1.40. The van der Waals surface area contributed by atoms with E-state index < -0.39 is 12.1 Å². The number of pyridine rings is 1. The summed E-state index contributed by atoms with van der Waals surface area (Å²) in [6.45, 7) is -0.146. The Morgan fingerprint density at radius 1 is 1.43 bits per heavy atom. The lowest BCUT2D eigenvalue weighted by molar-refractivity contribution is -0.275. The predicted molar refractivity (Wildman–Crippen MR) is 43.8 cm³/mol. The van der Waals surface area contributed by atoms with Crippen molar-refractivity contribution < 1.29 is 17.9 Å². The predicted octanol–water partition coefficient (Wildman–Crippen LogP) is 2.09. The summed E-state index contributed by atoms with van der Waals surface area (Å²) >= 11 is 5.57. The first kappa shape index (κ1) is 11.1. The van der Waals surface area contributed by atoms with Crippen LogP contribution in [0.4, 0.5) is 13.2 Å². The maximum atomic E-state index is 11.9. The zero-order chi connectivity index (χ0) is 10.8. The molecule has 0 bridgehead atoms. The molecule has 0 amide bonds. The summed E-state index contributed by atoms with van der Waals surface area (Å²) in [5.41, 5.74) is 5.29. The number of rotatable bonds is 2. The monoisotopic (exact) mass is 226 g/mol. The SMILES string of the molecule is NCc1c(Cl)cncc1OC(F)(F)F. The first-order chi connectivity index (χ1) is 6.44. The van der Waals surface area contributed by atoms with Crippen molar-refractivity contribution in [2.75, 3.05) is 0 Å². The smallest absolute Gasteiger partial charge is 0.404 e. The topological polar surface area (TPSA) is 48.1 Å². The minimum Gasteiger partial charge on any atom is -0.404 e. The summed E-state index contributed by atoms with van der Waals surface area (Å²) in [5, 5.41) is 0.0502. The minimum absolute atomic E-state index is 0.0502. The molecule has 0 aliphatic rings. The lowest BCUT2D eigenvalue weighted by Crippen LogP contribution is -2.19. The highest BCUT2D eigenvalue weighted by Gasteiger charge is 2.32. The van der Waals surface area contributed by atoms with Crippen LogP contribution in [0.1, 0.15) is 5.56 Å². The van der Waals surface area contributed by atoms with Crippen molar-refractivity contribution in [1.29, 1.82) is 0 Å². The average Bonchev–Trinajstić information content (AvgIpc) is 2.01. The van der Waals surface area contributed by atoms with Gasteiger partial charge in [0.05, 0.1) is 11.2 Å². The molecule has 0 radical (unpaired) electrons. The van der Waals surface area contributed by atoms with Crippen LogP contribution in [-0.2, 0) is 6.54 Å². The molecule has 1 aromatic heterocycles. The normalized spacial score (nSPS) is 11.5. The molecule has 1 heterocycles. The van der Waals surface area contributed by atoms with Crippen LogP contribution in [0.2, 0.25) is 5.02 Å². The van der Waals surface area contributed by atoms with Crippen molar-refractivity contribution in [2.45, 2.75) is 12.9 Å². The van der Waals surface area contributed by atoms with Gasteiger partial charge >= 0.3 is 6.36 Å². The number of ether oxygens (including phenoxy) is 1. The first-order valence-corrected chi connectivity index (χ1v) is 3.90. The summed E-state index contributed by atoms with van der Waals surface area (Å²) in [6, 6.07) is 0. The van der Waals surface area contributed by atoms with E-state index in [4.69, 9.17) is 17.3 Å². The second-order valence-electron chi connectivity index (χ2n) is 2.35. The van der Waals surface area contributed by atoms with Gasteiger partial charge in [-0.15, -0.1) is 13.2 Å². The van der Waals surface area contributed by atoms with Crippen LogP contribution in [0.25, 0.3) is 0 Å². The van der Waals surface area contributed by atoms with Crippen molar-refractivity contribution in [3.63, 3.8) is 0 Å². The number of hydrogen-bond acceptors (Lipinski definition) is 3. The number of halogens is 4. The number of nitrogens with two attached hydrogens (primary N) is 1. The molecule has 0 saturated carbocycles. The number of aromatic nitrogens is 1. The third-order valence-corrected chi connectivity index (χ3v) is 1.72. The molecule has 1 rings (SSSR count). The zero-order valence-corrected chi connectivity index (χ0v) is 7.56. The van der Waals surface area contributed by atoms with E-state index in [1.165, 1.54) is 6.20 Å². The van der Waals surface area contributed by atoms with E-state index in [-0.39, 0.29) is 17.1 Å². The fourth-order valence-electron chi connectivity index (χ4n) is 0.855. The Kier molecular flexibility index (Phi) is 3.17. The van der Waals surface area contributed by atoms with E-state index in [0.29, 0.717) is 0 Å². The molecule has 0 saturated heterocycles. The van der Waals surface area contributed by atoms with Crippen molar-refractivity contribution in [1.82, 2.24) is 4.98 Å². The highest BCUT2D eigenvalue weighted by Crippen LogP contribution is 2.29. The Labute approximate surface area is 82.6 Å². The maximum Gasteiger partial charge on any atom is 0.573 e. The Morgan fingerprint density at radius 2 is 2.07 bits per heavy atom. The molecule has 7 heteroatoms. The van der Waals surface area contributed by atoms with Crippen LogP contribution in [0.3, 0.4) is 0 Å². The fourth-order valence-corrected chi connectivity index (χ4v) is 1.08. The molecular formula is C7H6ClF3N2O. The molecule has 0 aliphatic carbocycles. The number of nitrogens with zero attached hydrogens (tertiary/aromatic N) is 1. The lowest BCUT2D eigenvalue weighted by atomic mass is 10.2. The molecule has 1 aromatic rings. The third kappa shape index (κ3) is 2.74. The summed E-state index contributed by atoms with van der Waals surface area (Å²) in [4.78, 5) is 3.46. The van der Waals surface area contributed by atoms with Crippen LogP contribution >= 0.6 is 11.6 Å². The van der Waals surface area contributed by atoms with Crippen LogP contribution in [0.5, 0.6) is 5.75 Å². The molecular weight excluding hydrogens is 221 g/mol. The summed E-state index contributed by atoms with van der Waals surface area (Å²) < 4.78 is 39.2. The first-order valence-electron chi connectivity index (χ1n) is 3.52. The van der Waals surface area contributed by atoms with Gasteiger partial charge in [-0.25, -0.2) is 0 Å².